The third-order valence-corrected chi connectivity index (χ3v) is 5.15. The summed E-state index contributed by atoms with van der Waals surface area (Å²) >= 11 is 12.2. The van der Waals surface area contributed by atoms with Gasteiger partial charge in [0, 0.05) is 22.3 Å². The van der Waals surface area contributed by atoms with Crippen LogP contribution in [-0.2, 0) is 16.1 Å². The van der Waals surface area contributed by atoms with E-state index in [2.05, 4.69) is 10.3 Å². The third-order valence-electron chi connectivity index (χ3n) is 4.59. The Labute approximate surface area is 174 Å². The molecule has 0 saturated heterocycles. The lowest BCUT2D eigenvalue weighted by Crippen LogP contribution is -2.23. The highest BCUT2D eigenvalue weighted by Crippen LogP contribution is 2.31. The quantitative estimate of drug-likeness (QED) is 0.605. The monoisotopic (exact) mass is 429 g/mol. The largest absolute Gasteiger partial charge is 0.474 e. The molecule has 0 spiro atoms. The minimum Gasteiger partial charge on any atom is -0.474 e. The van der Waals surface area contributed by atoms with E-state index >= 15 is 0 Å². The van der Waals surface area contributed by atoms with E-state index in [9.17, 15) is 14.4 Å². The Morgan fingerprint density at radius 1 is 1.17 bits per heavy atom. The highest BCUT2D eigenvalue weighted by atomic mass is 35.5. The van der Waals surface area contributed by atoms with Crippen LogP contribution in [-0.4, -0.2) is 26.5 Å². The number of carboxylic acid groups (broad SMARTS) is 1. The summed E-state index contributed by atoms with van der Waals surface area (Å²) in [7, 11) is 0. The summed E-state index contributed by atoms with van der Waals surface area (Å²) in [6.07, 6.45) is 2.48. The molecule has 0 fully saturated rings. The Bertz CT molecular complexity index is 1280. The first kappa shape index (κ1) is 19.2. The molecule has 0 aliphatic carbocycles. The van der Waals surface area contributed by atoms with Crippen LogP contribution in [0.4, 0.5) is 5.69 Å². The fourth-order valence-electron chi connectivity index (χ4n) is 3.22. The molecule has 1 aliphatic rings. The topological polar surface area (TPSA) is 101 Å². The van der Waals surface area contributed by atoms with Crippen molar-refractivity contribution in [1.82, 2.24) is 9.55 Å². The summed E-state index contributed by atoms with van der Waals surface area (Å²) in [5.41, 5.74) is 2.00. The van der Waals surface area contributed by atoms with Gasteiger partial charge >= 0.3 is 11.9 Å². The van der Waals surface area contributed by atoms with Crippen LogP contribution in [0, 0.1) is 0 Å². The number of benzene rings is 2. The molecule has 2 N–H and O–H groups in total. The standard InChI is InChI=1S/C20H13Cl2N3O4/c21-12-2-1-10(15(22)8-12)7-11-5-6-25-17(11)24-16-9-13(23-18(26)20(28)29)3-4-14(16)19(25)27/h1-4,7-9H,5-6H2,(H,23,26)(H,28,29)/b11-7+. The number of carbonyl (C=O) groups is 2. The number of fused-ring (bicyclic) bond motifs is 2. The van der Waals surface area contributed by atoms with E-state index < -0.39 is 11.9 Å². The van der Waals surface area contributed by atoms with Gasteiger partial charge in [-0.05, 0) is 54.0 Å². The summed E-state index contributed by atoms with van der Waals surface area (Å²) < 4.78 is 1.59. The van der Waals surface area contributed by atoms with Crippen molar-refractivity contribution in [2.45, 2.75) is 13.0 Å². The molecule has 7 nitrogen and oxygen atoms in total. The number of aromatic nitrogens is 2. The van der Waals surface area contributed by atoms with Crippen LogP contribution in [0.3, 0.4) is 0 Å². The number of allylic oxidation sites excluding steroid dienone is 1. The summed E-state index contributed by atoms with van der Waals surface area (Å²) in [5, 5.41) is 12.4. The molecule has 29 heavy (non-hydrogen) atoms. The SMILES string of the molecule is O=C(O)C(=O)Nc1ccc2c(=O)n3c(nc2c1)/C(=C/c1ccc(Cl)cc1Cl)CC3. The van der Waals surface area contributed by atoms with Gasteiger partial charge in [0.15, 0.2) is 0 Å². The lowest BCUT2D eigenvalue weighted by Gasteiger charge is -2.08. The predicted molar refractivity (Wildman–Crippen MR) is 111 cm³/mol. The number of nitrogens with one attached hydrogen (secondary N) is 1. The minimum atomic E-state index is -1.60. The van der Waals surface area contributed by atoms with E-state index in [1.165, 1.54) is 18.2 Å². The maximum atomic E-state index is 12.8. The van der Waals surface area contributed by atoms with Gasteiger partial charge in [0.25, 0.3) is 5.56 Å². The van der Waals surface area contributed by atoms with Crippen LogP contribution in [0.2, 0.25) is 10.0 Å². The van der Waals surface area contributed by atoms with Crippen LogP contribution in [0.1, 0.15) is 17.8 Å². The van der Waals surface area contributed by atoms with Gasteiger partial charge in [-0.15, -0.1) is 0 Å². The molecule has 9 heteroatoms. The highest BCUT2D eigenvalue weighted by molar-refractivity contribution is 6.36. The Balaban J connectivity index is 1.80. The summed E-state index contributed by atoms with van der Waals surface area (Å²) in [4.78, 5) is 39.5. The van der Waals surface area contributed by atoms with Crippen LogP contribution in [0.5, 0.6) is 0 Å². The van der Waals surface area contributed by atoms with Crippen LogP contribution in [0.25, 0.3) is 22.6 Å². The molecule has 0 unspecified atom stereocenters. The van der Waals surface area contributed by atoms with Crippen molar-refractivity contribution in [2.24, 2.45) is 0 Å². The maximum absolute atomic E-state index is 12.8. The molecule has 2 heterocycles. The first-order valence-corrected chi connectivity index (χ1v) is 9.34. The van der Waals surface area contributed by atoms with E-state index in [4.69, 9.17) is 28.3 Å². The van der Waals surface area contributed by atoms with Crippen LogP contribution < -0.4 is 10.9 Å². The number of halogens is 2. The van der Waals surface area contributed by atoms with Crippen molar-refractivity contribution in [3.8, 4) is 0 Å². The molecular weight excluding hydrogens is 417 g/mol. The van der Waals surface area contributed by atoms with E-state index in [1.807, 2.05) is 6.08 Å². The Hall–Kier alpha value is -3.16. The fourth-order valence-corrected chi connectivity index (χ4v) is 3.69. The van der Waals surface area contributed by atoms with Gasteiger partial charge in [-0.1, -0.05) is 29.3 Å². The number of anilines is 1. The molecule has 4 rings (SSSR count). The first-order valence-electron chi connectivity index (χ1n) is 8.58. The fraction of sp³-hybridized carbons (Fsp3) is 0.100. The third kappa shape index (κ3) is 3.62. The minimum absolute atomic E-state index is 0.202. The number of amides is 1. The summed E-state index contributed by atoms with van der Waals surface area (Å²) in [6, 6.07) is 9.63. The molecule has 1 aliphatic heterocycles. The van der Waals surface area contributed by atoms with Gasteiger partial charge < -0.3 is 10.4 Å². The molecular formula is C20H13Cl2N3O4. The van der Waals surface area contributed by atoms with E-state index in [0.29, 0.717) is 39.7 Å². The molecule has 0 saturated carbocycles. The van der Waals surface area contributed by atoms with Gasteiger partial charge in [0.05, 0.1) is 10.9 Å². The number of rotatable bonds is 2. The Morgan fingerprint density at radius 2 is 1.97 bits per heavy atom. The lowest BCUT2D eigenvalue weighted by atomic mass is 10.1. The molecule has 2 aromatic carbocycles. The molecule has 0 radical (unpaired) electrons. The number of nitrogens with zero attached hydrogens (tertiary/aromatic N) is 2. The van der Waals surface area contributed by atoms with E-state index in [-0.39, 0.29) is 11.2 Å². The van der Waals surface area contributed by atoms with Crippen molar-refractivity contribution in [2.75, 3.05) is 5.32 Å². The Morgan fingerprint density at radius 3 is 2.69 bits per heavy atom. The first-order chi connectivity index (χ1) is 13.8. The molecule has 0 bridgehead atoms. The van der Waals surface area contributed by atoms with Crippen molar-refractivity contribution in [1.29, 1.82) is 0 Å². The normalized spacial score (nSPS) is 14.2. The van der Waals surface area contributed by atoms with Gasteiger partial charge in [0.1, 0.15) is 5.82 Å². The molecule has 0 atom stereocenters. The van der Waals surface area contributed by atoms with Crippen molar-refractivity contribution in [3.63, 3.8) is 0 Å². The zero-order valence-corrected chi connectivity index (χ0v) is 16.3. The average molecular weight is 430 g/mol. The molecule has 3 aromatic rings. The Kier molecular flexibility index (Phi) is 4.86. The number of aliphatic carboxylic acids is 1. The number of hydrogen-bond acceptors (Lipinski definition) is 4. The second kappa shape index (κ2) is 7.35. The van der Waals surface area contributed by atoms with Crippen molar-refractivity contribution in [3.05, 3.63) is 68.2 Å². The number of carbonyl (C=O) groups excluding carboxylic acids is 1. The van der Waals surface area contributed by atoms with E-state index in [0.717, 1.165) is 11.1 Å². The summed E-state index contributed by atoms with van der Waals surface area (Å²) in [5.74, 6) is -2.26. The smallest absolute Gasteiger partial charge is 0.394 e. The molecule has 1 amide bonds. The zero-order chi connectivity index (χ0) is 20.7. The summed E-state index contributed by atoms with van der Waals surface area (Å²) in [6.45, 7) is 0.492. The van der Waals surface area contributed by atoms with Gasteiger partial charge in [-0.2, -0.15) is 0 Å². The van der Waals surface area contributed by atoms with Crippen LogP contribution in [0.15, 0.2) is 41.2 Å². The van der Waals surface area contributed by atoms with Crippen LogP contribution >= 0.6 is 23.2 Å². The van der Waals surface area contributed by atoms with Gasteiger partial charge in [-0.3, -0.25) is 14.2 Å². The van der Waals surface area contributed by atoms with E-state index in [1.54, 1.807) is 22.8 Å². The van der Waals surface area contributed by atoms with Crippen molar-refractivity contribution >= 4 is 63.3 Å². The maximum Gasteiger partial charge on any atom is 0.394 e. The molecule has 1 aromatic heterocycles. The number of hydrogen-bond donors (Lipinski definition) is 2. The lowest BCUT2D eigenvalue weighted by molar-refractivity contribution is -0.147. The second-order valence-electron chi connectivity index (χ2n) is 6.47. The zero-order valence-electron chi connectivity index (χ0n) is 14.8. The van der Waals surface area contributed by atoms with Gasteiger partial charge in [0.2, 0.25) is 0 Å². The predicted octanol–water partition coefficient (Wildman–Crippen LogP) is 3.67. The second-order valence-corrected chi connectivity index (χ2v) is 7.31. The number of carboxylic acids is 1. The molecule has 146 valence electrons. The highest BCUT2D eigenvalue weighted by Gasteiger charge is 2.21. The van der Waals surface area contributed by atoms with Crippen molar-refractivity contribution < 1.29 is 14.7 Å². The van der Waals surface area contributed by atoms with Gasteiger partial charge in [-0.25, -0.2) is 9.78 Å². The average Bonchev–Trinajstić information content (AvgIpc) is 3.07.